The first-order valence-electron chi connectivity index (χ1n) is 10.9. The first-order valence-corrected chi connectivity index (χ1v) is 10.9. The SMILES string of the molecule is C[C@@H](NC(=O)CC(CC(=O)c1ccc(-c2ccccc2)cc1)C(=O)O)C(=O)Nc1ccccc1. The molecular formula is C27H26N2O5. The highest BCUT2D eigenvalue weighted by atomic mass is 16.4. The van der Waals surface area contributed by atoms with Crippen molar-refractivity contribution in [3.8, 4) is 11.1 Å². The van der Waals surface area contributed by atoms with Gasteiger partial charge in [0.05, 0.1) is 5.92 Å². The summed E-state index contributed by atoms with van der Waals surface area (Å²) in [4.78, 5) is 49.0. The number of carbonyl (C=O) groups excluding carboxylic acids is 3. The Bertz CT molecular complexity index is 1140. The molecule has 0 saturated carbocycles. The lowest BCUT2D eigenvalue weighted by Crippen LogP contribution is -2.42. The first kappa shape index (κ1) is 24.4. The molecule has 7 nitrogen and oxygen atoms in total. The Morgan fingerprint density at radius 2 is 1.32 bits per heavy atom. The zero-order valence-electron chi connectivity index (χ0n) is 18.7. The molecule has 3 rings (SSSR count). The minimum Gasteiger partial charge on any atom is -0.481 e. The first-order chi connectivity index (χ1) is 16.3. The maximum atomic E-state index is 12.7. The lowest BCUT2D eigenvalue weighted by Gasteiger charge is -2.16. The normalized spacial score (nSPS) is 12.3. The predicted molar refractivity (Wildman–Crippen MR) is 129 cm³/mol. The van der Waals surface area contributed by atoms with Crippen molar-refractivity contribution in [2.24, 2.45) is 5.92 Å². The van der Waals surface area contributed by atoms with Gasteiger partial charge >= 0.3 is 5.97 Å². The third kappa shape index (κ3) is 6.87. The van der Waals surface area contributed by atoms with Crippen molar-refractivity contribution in [2.75, 3.05) is 5.32 Å². The van der Waals surface area contributed by atoms with Crippen molar-refractivity contribution in [2.45, 2.75) is 25.8 Å². The maximum Gasteiger partial charge on any atom is 0.307 e. The molecule has 3 aromatic rings. The second-order valence-corrected chi connectivity index (χ2v) is 7.95. The molecule has 2 amide bonds. The summed E-state index contributed by atoms with van der Waals surface area (Å²) < 4.78 is 0. The van der Waals surface area contributed by atoms with E-state index < -0.39 is 36.2 Å². The van der Waals surface area contributed by atoms with Crippen LogP contribution in [0.3, 0.4) is 0 Å². The number of hydrogen-bond acceptors (Lipinski definition) is 4. The molecular weight excluding hydrogens is 432 g/mol. The number of hydrogen-bond donors (Lipinski definition) is 3. The molecule has 0 saturated heterocycles. The van der Waals surface area contributed by atoms with E-state index >= 15 is 0 Å². The smallest absolute Gasteiger partial charge is 0.307 e. The zero-order valence-corrected chi connectivity index (χ0v) is 18.7. The lowest BCUT2D eigenvalue weighted by atomic mass is 9.94. The number of Topliss-reactive ketones (excluding diaryl/α,β-unsaturated/α-hetero) is 1. The Balaban J connectivity index is 1.56. The van der Waals surface area contributed by atoms with Gasteiger partial charge in [-0.3, -0.25) is 19.2 Å². The lowest BCUT2D eigenvalue weighted by molar-refractivity contribution is -0.144. The predicted octanol–water partition coefficient (Wildman–Crippen LogP) is 4.16. The summed E-state index contributed by atoms with van der Waals surface area (Å²) in [5.74, 6) is -3.86. The molecule has 0 aliphatic carbocycles. The van der Waals surface area contributed by atoms with Gasteiger partial charge in [-0.15, -0.1) is 0 Å². The zero-order chi connectivity index (χ0) is 24.5. The fraction of sp³-hybridized carbons (Fsp3) is 0.185. The van der Waals surface area contributed by atoms with Crippen LogP contribution in [0.25, 0.3) is 11.1 Å². The molecule has 0 aliphatic heterocycles. The molecule has 0 aromatic heterocycles. The van der Waals surface area contributed by atoms with Gasteiger partial charge in [-0.25, -0.2) is 0 Å². The van der Waals surface area contributed by atoms with Crippen LogP contribution in [0.2, 0.25) is 0 Å². The Morgan fingerprint density at radius 3 is 1.91 bits per heavy atom. The molecule has 0 spiro atoms. The molecule has 3 N–H and O–H groups in total. The summed E-state index contributed by atoms with van der Waals surface area (Å²) >= 11 is 0. The van der Waals surface area contributed by atoms with E-state index in [0.29, 0.717) is 11.3 Å². The standard InChI is InChI=1S/C27H26N2O5/c1-18(26(32)29-23-10-6-3-7-11-23)28-25(31)17-22(27(33)34)16-24(30)21-14-12-20(13-15-21)19-8-4-2-5-9-19/h2-15,18,22H,16-17H2,1H3,(H,28,31)(H,29,32)(H,33,34)/t18-,22?/m1/s1. The van der Waals surface area contributed by atoms with Crippen LogP contribution < -0.4 is 10.6 Å². The van der Waals surface area contributed by atoms with E-state index in [1.165, 1.54) is 6.92 Å². The van der Waals surface area contributed by atoms with E-state index in [2.05, 4.69) is 10.6 Å². The molecule has 2 atom stereocenters. The summed E-state index contributed by atoms with van der Waals surface area (Å²) in [6, 6.07) is 24.5. The summed E-state index contributed by atoms with van der Waals surface area (Å²) in [5.41, 5.74) is 2.91. The van der Waals surface area contributed by atoms with Crippen molar-refractivity contribution in [3.63, 3.8) is 0 Å². The van der Waals surface area contributed by atoms with E-state index in [9.17, 15) is 24.3 Å². The minimum absolute atomic E-state index is 0.321. The van der Waals surface area contributed by atoms with Crippen LogP contribution >= 0.6 is 0 Å². The van der Waals surface area contributed by atoms with Gasteiger partial charge in [0, 0.05) is 24.1 Å². The topological polar surface area (TPSA) is 113 Å². The number of rotatable bonds is 10. The van der Waals surface area contributed by atoms with Crippen LogP contribution in [-0.2, 0) is 14.4 Å². The largest absolute Gasteiger partial charge is 0.481 e. The molecule has 7 heteroatoms. The van der Waals surface area contributed by atoms with Crippen LogP contribution in [0, 0.1) is 5.92 Å². The Hall–Kier alpha value is -4.26. The molecule has 0 radical (unpaired) electrons. The molecule has 174 valence electrons. The van der Waals surface area contributed by atoms with Gasteiger partial charge in [0.15, 0.2) is 5.78 Å². The van der Waals surface area contributed by atoms with Crippen LogP contribution in [0.5, 0.6) is 0 Å². The number of carboxylic acids is 1. The van der Waals surface area contributed by atoms with Crippen LogP contribution in [0.1, 0.15) is 30.1 Å². The number of nitrogens with one attached hydrogen (secondary N) is 2. The van der Waals surface area contributed by atoms with Crippen molar-refractivity contribution in [3.05, 3.63) is 90.5 Å². The van der Waals surface area contributed by atoms with E-state index in [4.69, 9.17) is 0 Å². The van der Waals surface area contributed by atoms with Gasteiger partial charge in [-0.1, -0.05) is 72.8 Å². The van der Waals surface area contributed by atoms with Gasteiger partial charge in [0.25, 0.3) is 0 Å². The van der Waals surface area contributed by atoms with Crippen molar-refractivity contribution in [1.82, 2.24) is 5.32 Å². The van der Waals surface area contributed by atoms with Gasteiger partial charge in [-0.2, -0.15) is 0 Å². The number of amides is 2. The highest BCUT2D eigenvalue weighted by Crippen LogP contribution is 2.21. The van der Waals surface area contributed by atoms with Gasteiger partial charge < -0.3 is 15.7 Å². The van der Waals surface area contributed by atoms with Crippen molar-refractivity contribution in [1.29, 1.82) is 0 Å². The summed E-state index contributed by atoms with van der Waals surface area (Å²) in [6.45, 7) is 1.51. The Kier molecular flexibility index (Phi) is 8.29. The number of anilines is 1. The molecule has 34 heavy (non-hydrogen) atoms. The van der Waals surface area contributed by atoms with Crippen LogP contribution in [0.4, 0.5) is 5.69 Å². The molecule has 1 unspecified atom stereocenters. The van der Waals surface area contributed by atoms with E-state index in [1.807, 2.05) is 36.4 Å². The van der Waals surface area contributed by atoms with E-state index in [-0.39, 0.29) is 12.2 Å². The summed E-state index contributed by atoms with van der Waals surface area (Å²) in [7, 11) is 0. The van der Waals surface area contributed by atoms with Crippen LogP contribution in [0.15, 0.2) is 84.9 Å². The third-order valence-corrected chi connectivity index (χ3v) is 5.34. The Morgan fingerprint density at radius 1 is 0.765 bits per heavy atom. The third-order valence-electron chi connectivity index (χ3n) is 5.34. The number of aliphatic carboxylic acids is 1. The minimum atomic E-state index is -1.24. The fourth-order valence-electron chi connectivity index (χ4n) is 3.43. The fourth-order valence-corrected chi connectivity index (χ4v) is 3.43. The number of benzene rings is 3. The molecule has 0 heterocycles. The Labute approximate surface area is 197 Å². The molecule has 0 fully saturated rings. The molecule has 0 aliphatic rings. The second-order valence-electron chi connectivity index (χ2n) is 7.95. The van der Waals surface area contributed by atoms with Gasteiger partial charge in [-0.05, 0) is 30.2 Å². The van der Waals surface area contributed by atoms with E-state index in [1.54, 1.807) is 48.5 Å². The molecule has 0 bridgehead atoms. The van der Waals surface area contributed by atoms with Gasteiger partial charge in [0.2, 0.25) is 11.8 Å². The average molecular weight is 459 g/mol. The molecule has 3 aromatic carbocycles. The van der Waals surface area contributed by atoms with E-state index in [0.717, 1.165) is 11.1 Å². The second kappa shape index (κ2) is 11.6. The maximum absolute atomic E-state index is 12.7. The summed E-state index contributed by atoms with van der Waals surface area (Å²) in [6.07, 6.45) is -0.732. The highest BCUT2D eigenvalue weighted by Gasteiger charge is 2.26. The van der Waals surface area contributed by atoms with Gasteiger partial charge in [0.1, 0.15) is 6.04 Å². The average Bonchev–Trinajstić information content (AvgIpc) is 2.84. The number of para-hydroxylation sites is 1. The van der Waals surface area contributed by atoms with Crippen LogP contribution in [-0.4, -0.2) is 34.7 Å². The highest BCUT2D eigenvalue weighted by molar-refractivity contribution is 6.00. The number of carbonyl (C=O) groups is 4. The number of ketones is 1. The van der Waals surface area contributed by atoms with Crippen molar-refractivity contribution < 1.29 is 24.3 Å². The van der Waals surface area contributed by atoms with Crippen molar-refractivity contribution >= 4 is 29.3 Å². The monoisotopic (exact) mass is 458 g/mol. The summed E-state index contributed by atoms with van der Waals surface area (Å²) in [5, 5.41) is 14.7. The number of carboxylic acid groups (broad SMARTS) is 1. The quantitative estimate of drug-likeness (QED) is 0.395.